The van der Waals surface area contributed by atoms with Gasteiger partial charge in [0.05, 0.1) is 21.5 Å². The molecule has 0 unspecified atom stereocenters. The molecule has 0 atom stereocenters. The Morgan fingerprint density at radius 1 is 1.17 bits per heavy atom. The van der Waals surface area contributed by atoms with E-state index in [1.165, 1.54) is 23.7 Å². The van der Waals surface area contributed by atoms with Crippen LogP contribution in [0.1, 0.15) is 6.92 Å². The Kier molecular flexibility index (Phi) is 3.59. The second-order valence-corrected chi connectivity index (χ2v) is 5.54. The summed E-state index contributed by atoms with van der Waals surface area (Å²) in [5.41, 5.74) is 0.773. The van der Waals surface area contributed by atoms with E-state index in [9.17, 15) is 19.7 Å². The average Bonchev–Trinajstić information content (AvgIpc) is 2.98. The summed E-state index contributed by atoms with van der Waals surface area (Å²) in [6.07, 6.45) is 1.73. The second kappa shape index (κ2) is 5.48. The van der Waals surface area contributed by atoms with Crippen LogP contribution in [-0.2, 0) is 20.6 Å². The number of benzene rings is 1. The quantitative estimate of drug-likeness (QED) is 0.539. The Labute approximate surface area is 136 Å². The van der Waals surface area contributed by atoms with Crippen LogP contribution in [0.5, 0.6) is 0 Å². The van der Waals surface area contributed by atoms with Gasteiger partial charge in [-0.3, -0.25) is 24.0 Å². The summed E-state index contributed by atoms with van der Waals surface area (Å²) >= 11 is 0. The number of non-ortho nitro benzene ring substituents is 1. The van der Waals surface area contributed by atoms with Gasteiger partial charge in [-0.1, -0.05) is 12.1 Å². The van der Waals surface area contributed by atoms with E-state index in [1.54, 1.807) is 25.4 Å². The molecule has 24 heavy (non-hydrogen) atoms. The predicted octanol–water partition coefficient (Wildman–Crippen LogP) is 1.63. The van der Waals surface area contributed by atoms with Crippen molar-refractivity contribution in [1.82, 2.24) is 13.7 Å². The highest BCUT2D eigenvalue weighted by Gasteiger charge is 2.20. The molecule has 0 amide bonds. The fourth-order valence-corrected chi connectivity index (χ4v) is 2.92. The van der Waals surface area contributed by atoms with E-state index in [2.05, 4.69) is 0 Å². The number of aryl methyl sites for hydroxylation is 2. The monoisotopic (exact) mass is 328 g/mol. The van der Waals surface area contributed by atoms with Crippen LogP contribution >= 0.6 is 0 Å². The Bertz CT molecular complexity index is 1090. The number of fused-ring (bicyclic) bond motifs is 1. The minimum Gasteiger partial charge on any atom is -0.345 e. The third kappa shape index (κ3) is 2.15. The predicted molar refractivity (Wildman–Crippen MR) is 90.2 cm³/mol. The van der Waals surface area contributed by atoms with E-state index >= 15 is 0 Å². The van der Waals surface area contributed by atoms with Crippen LogP contribution in [0.4, 0.5) is 5.69 Å². The molecule has 0 aliphatic heterocycles. The van der Waals surface area contributed by atoms with E-state index in [0.29, 0.717) is 28.7 Å². The zero-order valence-corrected chi connectivity index (χ0v) is 13.5. The summed E-state index contributed by atoms with van der Waals surface area (Å²) in [7, 11) is 3.02. The molecule has 0 saturated heterocycles. The molecule has 0 fully saturated rings. The maximum atomic E-state index is 12.6. The van der Waals surface area contributed by atoms with E-state index < -0.39 is 16.2 Å². The van der Waals surface area contributed by atoms with Gasteiger partial charge >= 0.3 is 5.69 Å². The maximum Gasteiger partial charge on any atom is 0.330 e. The van der Waals surface area contributed by atoms with Gasteiger partial charge in [0, 0.05) is 44.5 Å². The highest BCUT2D eigenvalue weighted by Crippen LogP contribution is 2.30. The largest absolute Gasteiger partial charge is 0.345 e. The van der Waals surface area contributed by atoms with Crippen molar-refractivity contribution >= 4 is 16.6 Å². The minimum atomic E-state index is -0.473. The molecule has 0 bridgehead atoms. The summed E-state index contributed by atoms with van der Waals surface area (Å²) in [6, 6.07) is 6.14. The smallest absolute Gasteiger partial charge is 0.330 e. The van der Waals surface area contributed by atoms with Crippen molar-refractivity contribution in [2.24, 2.45) is 14.1 Å². The van der Waals surface area contributed by atoms with Crippen molar-refractivity contribution in [2.75, 3.05) is 0 Å². The second-order valence-electron chi connectivity index (χ2n) is 5.54. The fraction of sp³-hybridized carbons (Fsp3) is 0.250. The van der Waals surface area contributed by atoms with Gasteiger partial charge in [0.1, 0.15) is 0 Å². The number of nitro groups is 1. The molecular weight excluding hydrogens is 312 g/mol. The number of aromatic nitrogens is 3. The van der Waals surface area contributed by atoms with Gasteiger partial charge in [0.25, 0.3) is 11.2 Å². The van der Waals surface area contributed by atoms with E-state index in [4.69, 9.17) is 0 Å². The Balaban J connectivity index is 2.48. The van der Waals surface area contributed by atoms with Crippen LogP contribution in [0.2, 0.25) is 0 Å². The molecule has 0 spiro atoms. The molecule has 3 aromatic rings. The molecule has 0 N–H and O–H groups in total. The van der Waals surface area contributed by atoms with Gasteiger partial charge < -0.3 is 4.57 Å². The number of nitro benzene ring substituents is 1. The SMILES string of the molecule is CCn1cc2c(c1-c1cccc([N+](=O)[O-])c1)c(=O)n(C)c(=O)n2C. The highest BCUT2D eigenvalue weighted by molar-refractivity contribution is 5.94. The van der Waals surface area contributed by atoms with Crippen LogP contribution in [-0.4, -0.2) is 18.6 Å². The molecular formula is C16H16N4O4. The molecule has 0 aliphatic carbocycles. The Hall–Kier alpha value is -3.16. The molecule has 8 heteroatoms. The third-order valence-electron chi connectivity index (χ3n) is 4.18. The standard InChI is InChI=1S/C16H16N4O4/c1-4-19-9-12-13(15(21)18(3)16(22)17(12)2)14(19)10-6-5-7-11(8-10)20(23)24/h5-9H,4H2,1-3H3. The van der Waals surface area contributed by atoms with E-state index in [-0.39, 0.29) is 5.69 Å². The minimum absolute atomic E-state index is 0.0499. The molecule has 3 rings (SSSR count). The molecule has 0 aliphatic rings. The fourth-order valence-electron chi connectivity index (χ4n) is 2.92. The highest BCUT2D eigenvalue weighted by atomic mass is 16.6. The van der Waals surface area contributed by atoms with Gasteiger partial charge in [-0.2, -0.15) is 0 Å². The van der Waals surface area contributed by atoms with Crippen molar-refractivity contribution in [3.05, 3.63) is 61.4 Å². The number of nitrogens with zero attached hydrogens (tertiary/aromatic N) is 4. The van der Waals surface area contributed by atoms with Crippen molar-refractivity contribution in [3.63, 3.8) is 0 Å². The van der Waals surface area contributed by atoms with E-state index in [0.717, 1.165) is 4.57 Å². The molecule has 124 valence electrons. The Morgan fingerprint density at radius 2 is 1.88 bits per heavy atom. The van der Waals surface area contributed by atoms with Crippen molar-refractivity contribution in [2.45, 2.75) is 13.5 Å². The van der Waals surface area contributed by atoms with E-state index in [1.807, 2.05) is 11.5 Å². The summed E-state index contributed by atoms with van der Waals surface area (Å²) < 4.78 is 4.28. The molecule has 0 saturated carbocycles. The summed E-state index contributed by atoms with van der Waals surface area (Å²) in [4.78, 5) is 35.3. The zero-order chi connectivity index (χ0) is 17.6. The molecule has 0 radical (unpaired) electrons. The lowest BCUT2D eigenvalue weighted by Gasteiger charge is -2.08. The Morgan fingerprint density at radius 3 is 2.50 bits per heavy atom. The zero-order valence-electron chi connectivity index (χ0n) is 13.5. The third-order valence-corrected chi connectivity index (χ3v) is 4.18. The van der Waals surface area contributed by atoms with Gasteiger partial charge in [0.2, 0.25) is 0 Å². The lowest BCUT2D eigenvalue weighted by Crippen LogP contribution is -2.36. The first-order valence-corrected chi connectivity index (χ1v) is 7.40. The summed E-state index contributed by atoms with van der Waals surface area (Å²) in [6.45, 7) is 2.46. The van der Waals surface area contributed by atoms with Crippen molar-refractivity contribution in [3.8, 4) is 11.3 Å². The van der Waals surface area contributed by atoms with Crippen LogP contribution in [0.15, 0.2) is 40.1 Å². The average molecular weight is 328 g/mol. The van der Waals surface area contributed by atoms with Crippen LogP contribution < -0.4 is 11.2 Å². The maximum absolute atomic E-state index is 12.6. The molecule has 8 nitrogen and oxygen atoms in total. The summed E-state index contributed by atoms with van der Waals surface area (Å²) in [5.74, 6) is 0. The van der Waals surface area contributed by atoms with Gasteiger partial charge in [-0.25, -0.2) is 4.79 Å². The normalized spacial score (nSPS) is 11.1. The first-order chi connectivity index (χ1) is 11.4. The lowest BCUT2D eigenvalue weighted by atomic mass is 10.1. The number of hydrogen-bond donors (Lipinski definition) is 0. The first kappa shape index (κ1) is 15.7. The van der Waals surface area contributed by atoms with Crippen molar-refractivity contribution in [1.29, 1.82) is 0 Å². The number of hydrogen-bond acceptors (Lipinski definition) is 4. The first-order valence-electron chi connectivity index (χ1n) is 7.40. The summed E-state index contributed by atoms with van der Waals surface area (Å²) in [5, 5.41) is 11.4. The topological polar surface area (TPSA) is 92.1 Å². The van der Waals surface area contributed by atoms with Crippen LogP contribution in [0.3, 0.4) is 0 Å². The molecule has 2 heterocycles. The molecule has 1 aromatic carbocycles. The van der Waals surface area contributed by atoms with Gasteiger partial charge in [0.15, 0.2) is 0 Å². The lowest BCUT2D eigenvalue weighted by molar-refractivity contribution is -0.384. The van der Waals surface area contributed by atoms with Crippen LogP contribution in [0, 0.1) is 10.1 Å². The van der Waals surface area contributed by atoms with Crippen molar-refractivity contribution < 1.29 is 4.92 Å². The van der Waals surface area contributed by atoms with Crippen LogP contribution in [0.25, 0.3) is 22.2 Å². The molecule has 2 aromatic heterocycles. The van der Waals surface area contributed by atoms with Gasteiger partial charge in [-0.15, -0.1) is 0 Å². The van der Waals surface area contributed by atoms with Gasteiger partial charge in [-0.05, 0) is 6.92 Å². The number of rotatable bonds is 3.